The van der Waals surface area contributed by atoms with Crippen molar-refractivity contribution in [3.63, 3.8) is 0 Å². The number of alkyl halides is 3. The third kappa shape index (κ3) is 3.87. The third-order valence-corrected chi connectivity index (χ3v) is 2.31. The number of benzene rings is 1. The quantitative estimate of drug-likeness (QED) is 0.849. The molecule has 0 amide bonds. The van der Waals surface area contributed by atoms with Crippen molar-refractivity contribution in [2.24, 2.45) is 0 Å². The first-order valence-corrected chi connectivity index (χ1v) is 5.31. The second kappa shape index (κ2) is 4.76. The van der Waals surface area contributed by atoms with Crippen LogP contribution in [-0.4, -0.2) is 24.3 Å². The van der Waals surface area contributed by atoms with Gasteiger partial charge in [0.2, 0.25) is 0 Å². The molecule has 0 spiro atoms. The Balaban J connectivity index is 2.99. The molecule has 0 atom stereocenters. The summed E-state index contributed by atoms with van der Waals surface area (Å²) in [6.07, 6.45) is -4.56. The molecule has 0 bridgehead atoms. The molecule has 6 heteroatoms. The summed E-state index contributed by atoms with van der Waals surface area (Å²) in [5.74, 6) is -0.962. The van der Waals surface area contributed by atoms with Crippen molar-refractivity contribution in [3.8, 4) is 0 Å². The Morgan fingerprint density at radius 2 is 1.78 bits per heavy atom. The lowest BCUT2D eigenvalue weighted by Crippen LogP contribution is -2.36. The Bertz CT molecular complexity index is 423. The highest BCUT2D eigenvalue weighted by molar-refractivity contribution is 5.49. The van der Waals surface area contributed by atoms with E-state index in [0.717, 1.165) is 12.1 Å². The zero-order valence-corrected chi connectivity index (χ0v) is 10.3. The lowest BCUT2D eigenvalue weighted by Gasteiger charge is -2.27. The van der Waals surface area contributed by atoms with Gasteiger partial charge in [-0.3, -0.25) is 0 Å². The Kier molecular flexibility index (Phi) is 3.90. The van der Waals surface area contributed by atoms with Crippen LogP contribution in [-0.2, 0) is 6.18 Å². The third-order valence-electron chi connectivity index (χ3n) is 2.31. The van der Waals surface area contributed by atoms with Gasteiger partial charge in [-0.25, -0.2) is 4.39 Å². The summed E-state index contributed by atoms with van der Waals surface area (Å²) >= 11 is 0. The number of aliphatic hydroxyl groups is 1. The van der Waals surface area contributed by atoms with Crippen molar-refractivity contribution < 1.29 is 22.7 Å². The van der Waals surface area contributed by atoms with Crippen LogP contribution in [0.4, 0.5) is 23.2 Å². The maximum atomic E-state index is 13.6. The SMILES string of the molecule is CN(CC(C)(C)O)c1ccc(C(F)(F)F)cc1F. The van der Waals surface area contributed by atoms with Crippen molar-refractivity contribution >= 4 is 5.69 Å². The van der Waals surface area contributed by atoms with E-state index in [1.165, 1.54) is 25.8 Å². The van der Waals surface area contributed by atoms with Gasteiger partial charge in [-0.1, -0.05) is 0 Å². The van der Waals surface area contributed by atoms with E-state index < -0.39 is 23.2 Å². The monoisotopic (exact) mass is 265 g/mol. The van der Waals surface area contributed by atoms with Gasteiger partial charge < -0.3 is 10.0 Å². The Hall–Kier alpha value is -1.30. The first-order valence-electron chi connectivity index (χ1n) is 5.31. The molecule has 0 saturated heterocycles. The molecule has 0 saturated carbocycles. The molecule has 18 heavy (non-hydrogen) atoms. The van der Waals surface area contributed by atoms with Crippen molar-refractivity contribution in [3.05, 3.63) is 29.6 Å². The van der Waals surface area contributed by atoms with E-state index in [4.69, 9.17) is 0 Å². The van der Waals surface area contributed by atoms with Gasteiger partial charge in [0.15, 0.2) is 0 Å². The minimum absolute atomic E-state index is 0.0186. The molecule has 1 aromatic carbocycles. The highest BCUT2D eigenvalue weighted by atomic mass is 19.4. The fraction of sp³-hybridized carbons (Fsp3) is 0.500. The zero-order valence-electron chi connectivity index (χ0n) is 10.3. The van der Waals surface area contributed by atoms with E-state index in [2.05, 4.69) is 0 Å². The molecule has 1 aromatic rings. The Morgan fingerprint density at radius 3 is 2.17 bits per heavy atom. The summed E-state index contributed by atoms with van der Waals surface area (Å²) in [5, 5.41) is 9.58. The summed E-state index contributed by atoms with van der Waals surface area (Å²) in [6, 6.07) is 2.33. The van der Waals surface area contributed by atoms with Crippen molar-refractivity contribution in [1.82, 2.24) is 0 Å². The lowest BCUT2D eigenvalue weighted by atomic mass is 10.1. The number of likely N-dealkylation sites (N-methyl/N-ethyl adjacent to an activating group) is 1. The largest absolute Gasteiger partial charge is 0.416 e. The van der Waals surface area contributed by atoms with Gasteiger partial charge >= 0.3 is 6.18 Å². The topological polar surface area (TPSA) is 23.5 Å². The number of anilines is 1. The summed E-state index contributed by atoms with van der Waals surface area (Å²) in [5.41, 5.74) is -2.07. The molecule has 0 fully saturated rings. The molecule has 0 aromatic heterocycles. The summed E-state index contributed by atoms with van der Waals surface area (Å²) in [4.78, 5) is 1.37. The highest BCUT2D eigenvalue weighted by Crippen LogP contribution is 2.32. The fourth-order valence-corrected chi connectivity index (χ4v) is 1.66. The molecular formula is C12H15F4NO. The van der Waals surface area contributed by atoms with E-state index in [1.807, 2.05) is 0 Å². The molecular weight excluding hydrogens is 250 g/mol. The molecule has 2 nitrogen and oxygen atoms in total. The maximum Gasteiger partial charge on any atom is 0.416 e. The Morgan fingerprint density at radius 1 is 1.22 bits per heavy atom. The van der Waals surface area contributed by atoms with Gasteiger partial charge in [0, 0.05) is 13.6 Å². The van der Waals surface area contributed by atoms with Gasteiger partial charge in [-0.2, -0.15) is 13.2 Å². The average molecular weight is 265 g/mol. The number of hydrogen-bond acceptors (Lipinski definition) is 2. The smallest absolute Gasteiger partial charge is 0.389 e. The van der Waals surface area contributed by atoms with Crippen LogP contribution in [0.1, 0.15) is 19.4 Å². The normalized spacial score (nSPS) is 12.7. The van der Waals surface area contributed by atoms with E-state index in [-0.39, 0.29) is 12.2 Å². The number of nitrogens with zero attached hydrogens (tertiary/aromatic N) is 1. The summed E-state index contributed by atoms with van der Waals surface area (Å²) in [7, 11) is 1.50. The van der Waals surface area contributed by atoms with Crippen molar-refractivity contribution in [2.75, 3.05) is 18.5 Å². The average Bonchev–Trinajstić information content (AvgIpc) is 2.12. The molecule has 1 rings (SSSR count). The van der Waals surface area contributed by atoms with E-state index in [9.17, 15) is 22.7 Å². The second-order valence-corrected chi connectivity index (χ2v) is 4.83. The first-order chi connectivity index (χ1) is 8.00. The second-order valence-electron chi connectivity index (χ2n) is 4.83. The van der Waals surface area contributed by atoms with Crippen LogP contribution >= 0.6 is 0 Å². The number of hydrogen-bond donors (Lipinski definition) is 1. The lowest BCUT2D eigenvalue weighted by molar-refractivity contribution is -0.137. The van der Waals surface area contributed by atoms with Crippen LogP contribution < -0.4 is 4.90 Å². The van der Waals surface area contributed by atoms with Crippen LogP contribution in [0.3, 0.4) is 0 Å². The molecule has 0 unspecified atom stereocenters. The minimum atomic E-state index is -4.56. The molecule has 0 aliphatic heterocycles. The minimum Gasteiger partial charge on any atom is -0.389 e. The molecule has 0 aliphatic carbocycles. The van der Waals surface area contributed by atoms with Crippen LogP contribution in [0.25, 0.3) is 0 Å². The van der Waals surface area contributed by atoms with Gasteiger partial charge in [-0.05, 0) is 32.0 Å². The molecule has 1 N–H and O–H groups in total. The first kappa shape index (κ1) is 14.8. The molecule has 0 radical (unpaired) electrons. The maximum absolute atomic E-state index is 13.6. The number of rotatable bonds is 3. The van der Waals surface area contributed by atoms with Crippen LogP contribution in [0.15, 0.2) is 18.2 Å². The molecule has 0 heterocycles. The predicted octanol–water partition coefficient (Wildman–Crippen LogP) is 3.05. The van der Waals surface area contributed by atoms with Crippen molar-refractivity contribution in [1.29, 1.82) is 0 Å². The van der Waals surface area contributed by atoms with Crippen LogP contribution in [0.2, 0.25) is 0 Å². The number of halogens is 4. The van der Waals surface area contributed by atoms with E-state index >= 15 is 0 Å². The predicted molar refractivity (Wildman–Crippen MR) is 61.0 cm³/mol. The standard InChI is InChI=1S/C12H15F4NO/c1-11(2,18)7-17(3)10-5-4-8(6-9(10)13)12(14,15)16/h4-6,18H,7H2,1-3H3. The highest BCUT2D eigenvalue weighted by Gasteiger charge is 2.31. The summed E-state index contributed by atoms with van der Waals surface area (Å²) in [6.45, 7) is 3.17. The summed E-state index contributed by atoms with van der Waals surface area (Å²) < 4.78 is 50.6. The Labute approximate surface area is 103 Å². The fourth-order valence-electron chi connectivity index (χ4n) is 1.66. The zero-order chi connectivity index (χ0) is 14.1. The van der Waals surface area contributed by atoms with Gasteiger partial charge in [-0.15, -0.1) is 0 Å². The van der Waals surface area contributed by atoms with Gasteiger partial charge in [0.25, 0.3) is 0 Å². The van der Waals surface area contributed by atoms with Gasteiger partial charge in [0.05, 0.1) is 16.9 Å². The van der Waals surface area contributed by atoms with Gasteiger partial charge in [0.1, 0.15) is 5.82 Å². The van der Waals surface area contributed by atoms with Crippen molar-refractivity contribution in [2.45, 2.75) is 25.6 Å². The van der Waals surface area contributed by atoms with Crippen LogP contribution in [0.5, 0.6) is 0 Å². The van der Waals surface area contributed by atoms with E-state index in [0.29, 0.717) is 6.07 Å². The van der Waals surface area contributed by atoms with Crippen LogP contribution in [0, 0.1) is 5.82 Å². The molecule has 0 aliphatic rings. The molecule has 102 valence electrons. The van der Waals surface area contributed by atoms with E-state index in [1.54, 1.807) is 0 Å².